The lowest BCUT2D eigenvalue weighted by Crippen LogP contribution is -1.92. The van der Waals surface area contributed by atoms with E-state index in [0.29, 0.717) is 0 Å². The van der Waals surface area contributed by atoms with Gasteiger partial charge in [0, 0.05) is 35.1 Å². The van der Waals surface area contributed by atoms with Gasteiger partial charge in [-0.2, -0.15) is 5.10 Å². The van der Waals surface area contributed by atoms with Crippen molar-refractivity contribution in [3.05, 3.63) is 79.4 Å². The third kappa shape index (κ3) is 2.29. The van der Waals surface area contributed by atoms with Gasteiger partial charge in [-0.1, -0.05) is 30.3 Å². The Morgan fingerprint density at radius 2 is 1.65 bits per heavy atom. The van der Waals surface area contributed by atoms with Crippen LogP contribution in [-0.4, -0.2) is 24.7 Å². The molecule has 0 aliphatic heterocycles. The number of nitrogens with zero attached hydrogens (tertiary/aromatic N) is 4. The van der Waals surface area contributed by atoms with E-state index < -0.39 is 0 Å². The highest BCUT2D eigenvalue weighted by Crippen LogP contribution is 2.31. The first-order chi connectivity index (χ1) is 12.8. The SMILES string of the molecule is Oc1ccc(-c2cnc3c(-c4cccc5ncccc45)cnn3c2)cc1. The van der Waals surface area contributed by atoms with Crippen molar-refractivity contribution in [2.45, 2.75) is 0 Å². The van der Waals surface area contributed by atoms with E-state index in [1.165, 1.54) is 0 Å². The van der Waals surface area contributed by atoms with Crippen LogP contribution in [0, 0.1) is 0 Å². The van der Waals surface area contributed by atoms with E-state index in [0.717, 1.165) is 38.8 Å². The molecule has 2 aromatic carbocycles. The number of phenolic OH excluding ortho intramolecular Hbond substituents is 1. The molecule has 0 radical (unpaired) electrons. The average Bonchev–Trinajstić information content (AvgIpc) is 3.11. The highest BCUT2D eigenvalue weighted by Gasteiger charge is 2.12. The summed E-state index contributed by atoms with van der Waals surface area (Å²) in [6.07, 6.45) is 7.41. The van der Waals surface area contributed by atoms with E-state index in [1.807, 2.05) is 48.9 Å². The minimum absolute atomic E-state index is 0.244. The minimum Gasteiger partial charge on any atom is -0.508 e. The molecule has 124 valence electrons. The second-order valence-electron chi connectivity index (χ2n) is 6.09. The summed E-state index contributed by atoms with van der Waals surface area (Å²) >= 11 is 0. The van der Waals surface area contributed by atoms with Crippen molar-refractivity contribution in [2.24, 2.45) is 0 Å². The summed E-state index contributed by atoms with van der Waals surface area (Å²) in [4.78, 5) is 9.07. The van der Waals surface area contributed by atoms with E-state index in [1.54, 1.807) is 22.8 Å². The molecule has 0 bridgehead atoms. The fourth-order valence-electron chi connectivity index (χ4n) is 3.21. The van der Waals surface area contributed by atoms with Crippen LogP contribution in [0.1, 0.15) is 0 Å². The number of fused-ring (bicyclic) bond motifs is 2. The zero-order chi connectivity index (χ0) is 17.5. The summed E-state index contributed by atoms with van der Waals surface area (Å²) in [6, 6.07) is 17.1. The maximum Gasteiger partial charge on any atom is 0.162 e. The van der Waals surface area contributed by atoms with Gasteiger partial charge in [0.05, 0.1) is 11.7 Å². The van der Waals surface area contributed by atoms with Crippen LogP contribution in [0.2, 0.25) is 0 Å². The predicted octanol–water partition coefficient (Wildman–Crippen LogP) is 4.32. The number of aromatic hydroxyl groups is 1. The van der Waals surface area contributed by atoms with Crippen molar-refractivity contribution in [3.63, 3.8) is 0 Å². The molecular formula is C21H14N4O. The van der Waals surface area contributed by atoms with Crippen LogP contribution in [0.4, 0.5) is 0 Å². The van der Waals surface area contributed by atoms with Gasteiger partial charge in [-0.25, -0.2) is 9.50 Å². The van der Waals surface area contributed by atoms with Crippen LogP contribution in [0.3, 0.4) is 0 Å². The number of rotatable bonds is 2. The molecule has 0 spiro atoms. The number of hydrogen-bond donors (Lipinski definition) is 1. The van der Waals surface area contributed by atoms with Crippen molar-refractivity contribution >= 4 is 16.6 Å². The third-order valence-corrected chi connectivity index (χ3v) is 4.49. The number of benzene rings is 2. The maximum atomic E-state index is 9.45. The fourth-order valence-corrected chi connectivity index (χ4v) is 3.21. The Balaban J connectivity index is 1.67. The number of phenols is 1. The van der Waals surface area contributed by atoms with Crippen molar-refractivity contribution in [1.82, 2.24) is 19.6 Å². The molecule has 0 amide bonds. The second-order valence-corrected chi connectivity index (χ2v) is 6.09. The molecule has 0 saturated carbocycles. The maximum absolute atomic E-state index is 9.45. The first kappa shape index (κ1) is 14.6. The zero-order valence-electron chi connectivity index (χ0n) is 13.7. The normalized spacial score (nSPS) is 11.2. The molecule has 0 unspecified atom stereocenters. The summed E-state index contributed by atoms with van der Waals surface area (Å²) in [5, 5.41) is 15.0. The van der Waals surface area contributed by atoms with Gasteiger partial charge in [-0.3, -0.25) is 4.98 Å². The molecule has 0 atom stereocenters. The van der Waals surface area contributed by atoms with E-state index in [9.17, 15) is 5.11 Å². The predicted molar refractivity (Wildman–Crippen MR) is 101 cm³/mol. The molecular weight excluding hydrogens is 324 g/mol. The molecule has 1 N–H and O–H groups in total. The Hall–Kier alpha value is -3.73. The van der Waals surface area contributed by atoms with Gasteiger partial charge in [0.1, 0.15) is 5.75 Å². The Labute approximate surface area is 149 Å². The first-order valence-corrected chi connectivity index (χ1v) is 8.26. The van der Waals surface area contributed by atoms with Gasteiger partial charge in [0.15, 0.2) is 5.65 Å². The molecule has 0 aliphatic carbocycles. The van der Waals surface area contributed by atoms with E-state index >= 15 is 0 Å². The third-order valence-electron chi connectivity index (χ3n) is 4.49. The standard InChI is InChI=1S/C21H14N4O/c26-16-8-6-14(7-9-16)15-11-23-21-19(12-24-25(21)13-15)17-3-1-5-20-18(17)4-2-10-22-20/h1-13,26H. The monoisotopic (exact) mass is 338 g/mol. The van der Waals surface area contributed by atoms with E-state index in [4.69, 9.17) is 0 Å². The number of pyridine rings is 1. The Kier molecular flexibility index (Phi) is 3.18. The number of aromatic nitrogens is 4. The van der Waals surface area contributed by atoms with Crippen LogP contribution in [-0.2, 0) is 0 Å². The van der Waals surface area contributed by atoms with Crippen LogP contribution < -0.4 is 0 Å². The molecule has 5 nitrogen and oxygen atoms in total. The molecule has 5 heteroatoms. The quantitative estimate of drug-likeness (QED) is 0.521. The summed E-state index contributed by atoms with van der Waals surface area (Å²) in [5.74, 6) is 0.244. The molecule has 5 aromatic rings. The lowest BCUT2D eigenvalue weighted by molar-refractivity contribution is 0.475. The van der Waals surface area contributed by atoms with Crippen LogP contribution in [0.15, 0.2) is 79.4 Å². The Morgan fingerprint density at radius 3 is 2.54 bits per heavy atom. The van der Waals surface area contributed by atoms with Crippen molar-refractivity contribution in [2.75, 3.05) is 0 Å². The Bertz CT molecular complexity index is 1240. The van der Waals surface area contributed by atoms with Gasteiger partial charge >= 0.3 is 0 Å². The lowest BCUT2D eigenvalue weighted by atomic mass is 10.0. The summed E-state index contributed by atoms with van der Waals surface area (Å²) in [7, 11) is 0. The van der Waals surface area contributed by atoms with Crippen LogP contribution in [0.25, 0.3) is 38.8 Å². The van der Waals surface area contributed by atoms with Gasteiger partial charge in [0.25, 0.3) is 0 Å². The summed E-state index contributed by atoms with van der Waals surface area (Å²) < 4.78 is 1.78. The van der Waals surface area contributed by atoms with Gasteiger partial charge in [0.2, 0.25) is 0 Å². The smallest absolute Gasteiger partial charge is 0.162 e. The largest absolute Gasteiger partial charge is 0.508 e. The second kappa shape index (κ2) is 5.67. The molecule has 0 saturated heterocycles. The molecule has 26 heavy (non-hydrogen) atoms. The molecule has 0 aliphatic rings. The molecule has 3 heterocycles. The topological polar surface area (TPSA) is 63.3 Å². The van der Waals surface area contributed by atoms with Gasteiger partial charge in [-0.15, -0.1) is 0 Å². The lowest BCUT2D eigenvalue weighted by Gasteiger charge is -2.05. The van der Waals surface area contributed by atoms with Crippen LogP contribution in [0.5, 0.6) is 5.75 Å². The zero-order valence-corrected chi connectivity index (χ0v) is 13.7. The average molecular weight is 338 g/mol. The van der Waals surface area contributed by atoms with E-state index in [2.05, 4.69) is 27.2 Å². The van der Waals surface area contributed by atoms with Gasteiger partial charge < -0.3 is 5.11 Å². The molecule has 5 rings (SSSR count). The summed E-state index contributed by atoms with van der Waals surface area (Å²) in [6.45, 7) is 0. The molecule has 3 aromatic heterocycles. The van der Waals surface area contributed by atoms with E-state index in [-0.39, 0.29) is 5.75 Å². The van der Waals surface area contributed by atoms with Crippen molar-refractivity contribution in [1.29, 1.82) is 0 Å². The van der Waals surface area contributed by atoms with Crippen molar-refractivity contribution < 1.29 is 5.11 Å². The summed E-state index contributed by atoms with van der Waals surface area (Å²) in [5.41, 5.74) is 5.70. The van der Waals surface area contributed by atoms with Gasteiger partial charge in [-0.05, 0) is 35.4 Å². The minimum atomic E-state index is 0.244. The number of hydrogen-bond acceptors (Lipinski definition) is 4. The van der Waals surface area contributed by atoms with Crippen LogP contribution >= 0.6 is 0 Å². The Morgan fingerprint density at radius 1 is 0.769 bits per heavy atom. The fraction of sp³-hybridized carbons (Fsp3) is 0. The highest BCUT2D eigenvalue weighted by molar-refractivity contribution is 5.97. The highest BCUT2D eigenvalue weighted by atomic mass is 16.3. The van der Waals surface area contributed by atoms with Crippen molar-refractivity contribution in [3.8, 4) is 28.0 Å². The molecule has 0 fully saturated rings. The first-order valence-electron chi connectivity index (χ1n) is 8.26.